The van der Waals surface area contributed by atoms with Crippen LogP contribution in [0.1, 0.15) is 102 Å². The fourth-order valence-electron chi connectivity index (χ4n) is 4.83. The van der Waals surface area contributed by atoms with Crippen LogP contribution in [-0.4, -0.2) is 19.1 Å². The summed E-state index contributed by atoms with van der Waals surface area (Å²) in [4.78, 5) is 31.8. The Balaban J connectivity index is 1.45. The van der Waals surface area contributed by atoms with E-state index in [1.165, 1.54) is 81.6 Å². The highest BCUT2D eigenvalue weighted by atomic mass is 16.2. The predicted octanol–water partition coefficient (Wildman–Crippen LogP) is 6.52. The first-order chi connectivity index (χ1) is 17.6. The summed E-state index contributed by atoms with van der Waals surface area (Å²) < 4.78 is 3.35. The molecule has 7 heteroatoms. The van der Waals surface area contributed by atoms with Gasteiger partial charge in [-0.1, -0.05) is 121 Å². The monoisotopic (exact) mass is 495 g/mol. The number of benzene rings is 1. The summed E-state index contributed by atoms with van der Waals surface area (Å²) in [5.74, 6) is 0.634. The lowest BCUT2D eigenvalue weighted by Gasteiger charge is -2.10. The van der Waals surface area contributed by atoms with Crippen molar-refractivity contribution in [2.75, 3.05) is 5.32 Å². The van der Waals surface area contributed by atoms with Gasteiger partial charge < -0.3 is 9.88 Å². The van der Waals surface area contributed by atoms with Crippen LogP contribution in [0.4, 0.5) is 5.95 Å². The molecule has 0 aliphatic rings. The van der Waals surface area contributed by atoms with Crippen molar-refractivity contribution in [3.8, 4) is 0 Å². The van der Waals surface area contributed by atoms with Crippen LogP contribution in [0, 0.1) is 0 Å². The van der Waals surface area contributed by atoms with Gasteiger partial charge in [0.15, 0.2) is 11.2 Å². The zero-order chi connectivity index (χ0) is 25.6. The van der Waals surface area contributed by atoms with Gasteiger partial charge in [0.05, 0.1) is 0 Å². The highest BCUT2D eigenvalue weighted by molar-refractivity contribution is 5.74. The molecule has 36 heavy (non-hydrogen) atoms. The Hall–Kier alpha value is -2.83. The summed E-state index contributed by atoms with van der Waals surface area (Å²) in [6.45, 7) is 3.58. The van der Waals surface area contributed by atoms with Gasteiger partial charge in [0.2, 0.25) is 5.95 Å². The normalized spacial score (nSPS) is 11.4. The molecular formula is C29H45N5O2. The average molecular weight is 496 g/mol. The minimum absolute atomic E-state index is 0.376. The maximum absolute atomic E-state index is 12.7. The molecule has 2 aromatic heterocycles. The number of fused-ring (bicyclic) bond motifs is 1. The average Bonchev–Trinajstić information content (AvgIpc) is 3.26. The topological polar surface area (TPSA) is 84.7 Å². The summed E-state index contributed by atoms with van der Waals surface area (Å²) in [6, 6.07) is 10.1. The molecule has 0 unspecified atom stereocenters. The molecule has 0 saturated heterocycles. The number of H-pyrrole nitrogens is 1. The van der Waals surface area contributed by atoms with E-state index in [9.17, 15) is 9.59 Å². The molecule has 2 N–H and O–H groups in total. The molecule has 0 aliphatic carbocycles. The number of nitrogens with zero attached hydrogens (tertiary/aromatic N) is 3. The summed E-state index contributed by atoms with van der Waals surface area (Å²) >= 11 is 0. The van der Waals surface area contributed by atoms with E-state index < -0.39 is 5.69 Å². The van der Waals surface area contributed by atoms with Crippen molar-refractivity contribution >= 4 is 17.1 Å². The van der Waals surface area contributed by atoms with Crippen molar-refractivity contribution in [2.24, 2.45) is 7.05 Å². The molecule has 3 rings (SSSR count). The van der Waals surface area contributed by atoms with Gasteiger partial charge in [-0.15, -0.1) is 0 Å². The number of rotatable bonds is 18. The second-order valence-corrected chi connectivity index (χ2v) is 10.0. The summed E-state index contributed by atoms with van der Waals surface area (Å²) in [6.07, 6.45) is 18.3. The summed E-state index contributed by atoms with van der Waals surface area (Å²) in [5, 5.41) is 3.38. The third kappa shape index (κ3) is 8.38. The Morgan fingerprint density at radius 3 is 1.94 bits per heavy atom. The molecule has 2 heterocycles. The van der Waals surface area contributed by atoms with Crippen molar-refractivity contribution in [3.63, 3.8) is 0 Å². The molecule has 0 radical (unpaired) electrons. The van der Waals surface area contributed by atoms with Crippen LogP contribution < -0.4 is 16.6 Å². The zero-order valence-electron chi connectivity index (χ0n) is 22.4. The molecule has 0 atom stereocenters. The van der Waals surface area contributed by atoms with Crippen molar-refractivity contribution in [3.05, 3.63) is 56.7 Å². The van der Waals surface area contributed by atoms with Gasteiger partial charge in [0.25, 0.3) is 5.56 Å². The van der Waals surface area contributed by atoms with E-state index in [0.717, 1.165) is 18.4 Å². The Labute approximate surface area is 215 Å². The maximum atomic E-state index is 12.7. The standard InChI is InChI=1S/C29H45N5O2/c1-3-4-5-6-7-8-9-10-11-12-13-14-15-19-22-34-25-26(33(2)29(36)32-27(25)35)31-28(34)30-23-24-20-17-16-18-21-24/h16-18,20-21H,3-15,19,22-23H2,1-2H3,(H,30,31)(H,32,35,36). The first kappa shape index (κ1) is 27.8. The number of aryl methyl sites for hydroxylation is 2. The quantitative estimate of drug-likeness (QED) is 0.197. The van der Waals surface area contributed by atoms with Crippen molar-refractivity contribution in [1.82, 2.24) is 19.1 Å². The fraction of sp³-hybridized carbons (Fsp3) is 0.621. The molecule has 198 valence electrons. The fourth-order valence-corrected chi connectivity index (χ4v) is 4.83. The van der Waals surface area contributed by atoms with Gasteiger partial charge in [-0.05, 0) is 12.0 Å². The van der Waals surface area contributed by atoms with Crippen LogP contribution in [0.15, 0.2) is 39.9 Å². The summed E-state index contributed by atoms with van der Waals surface area (Å²) in [5.41, 5.74) is 1.20. The molecule has 0 bridgehead atoms. The van der Waals surface area contributed by atoms with E-state index in [4.69, 9.17) is 0 Å². The highest BCUT2D eigenvalue weighted by Gasteiger charge is 2.17. The smallest absolute Gasteiger partial charge is 0.329 e. The van der Waals surface area contributed by atoms with Crippen LogP contribution in [0.25, 0.3) is 11.2 Å². The zero-order valence-corrected chi connectivity index (χ0v) is 22.4. The van der Waals surface area contributed by atoms with Gasteiger partial charge in [-0.2, -0.15) is 4.98 Å². The third-order valence-corrected chi connectivity index (χ3v) is 7.04. The minimum atomic E-state index is -0.441. The number of aromatic amines is 1. The SMILES string of the molecule is CCCCCCCCCCCCCCCCn1c(NCc2ccccc2)nc2c1c(=O)[nH]c(=O)n2C. The van der Waals surface area contributed by atoms with E-state index in [1.807, 2.05) is 22.8 Å². The van der Waals surface area contributed by atoms with Gasteiger partial charge in [0.1, 0.15) is 0 Å². The van der Waals surface area contributed by atoms with Gasteiger partial charge in [0, 0.05) is 20.1 Å². The number of unbranched alkanes of at least 4 members (excludes halogenated alkanes) is 13. The van der Waals surface area contributed by atoms with E-state index in [1.54, 1.807) is 7.05 Å². The van der Waals surface area contributed by atoms with Crippen molar-refractivity contribution < 1.29 is 0 Å². The lowest BCUT2D eigenvalue weighted by atomic mass is 10.0. The largest absolute Gasteiger partial charge is 0.352 e. The van der Waals surface area contributed by atoms with Gasteiger partial charge in [-0.25, -0.2) is 4.79 Å². The van der Waals surface area contributed by atoms with Crippen LogP contribution in [0.2, 0.25) is 0 Å². The lowest BCUT2D eigenvalue weighted by Crippen LogP contribution is -2.29. The van der Waals surface area contributed by atoms with Gasteiger partial charge in [-0.3, -0.25) is 14.3 Å². The van der Waals surface area contributed by atoms with Crippen LogP contribution >= 0.6 is 0 Å². The molecule has 1 aromatic carbocycles. The molecule has 0 aliphatic heterocycles. The number of hydrogen-bond donors (Lipinski definition) is 2. The molecule has 3 aromatic rings. The first-order valence-electron chi connectivity index (χ1n) is 14.1. The second kappa shape index (κ2) is 15.3. The maximum Gasteiger partial charge on any atom is 0.329 e. The van der Waals surface area contributed by atoms with E-state index >= 15 is 0 Å². The van der Waals surface area contributed by atoms with Crippen LogP contribution in [0.5, 0.6) is 0 Å². The molecule has 0 amide bonds. The van der Waals surface area contributed by atoms with Crippen LogP contribution in [0.3, 0.4) is 0 Å². The third-order valence-electron chi connectivity index (χ3n) is 7.04. The molecule has 0 spiro atoms. The van der Waals surface area contributed by atoms with E-state index in [0.29, 0.717) is 30.2 Å². The van der Waals surface area contributed by atoms with Crippen LogP contribution in [-0.2, 0) is 20.1 Å². The molecule has 0 fully saturated rings. The Morgan fingerprint density at radius 1 is 0.806 bits per heavy atom. The highest BCUT2D eigenvalue weighted by Crippen LogP contribution is 2.19. The first-order valence-corrected chi connectivity index (χ1v) is 14.1. The summed E-state index contributed by atoms with van der Waals surface area (Å²) in [7, 11) is 1.64. The number of hydrogen-bond acceptors (Lipinski definition) is 4. The number of aromatic nitrogens is 4. The Morgan fingerprint density at radius 2 is 1.36 bits per heavy atom. The van der Waals surface area contributed by atoms with E-state index in [2.05, 4.69) is 34.3 Å². The molecule has 7 nitrogen and oxygen atoms in total. The number of anilines is 1. The van der Waals surface area contributed by atoms with Gasteiger partial charge >= 0.3 is 5.69 Å². The number of imidazole rings is 1. The Bertz CT molecular complexity index is 1150. The second-order valence-electron chi connectivity index (χ2n) is 10.0. The molecule has 0 saturated carbocycles. The van der Waals surface area contributed by atoms with Crippen molar-refractivity contribution in [1.29, 1.82) is 0 Å². The number of nitrogens with one attached hydrogen (secondary N) is 2. The Kier molecular flexibility index (Phi) is 11.8. The molecular weight excluding hydrogens is 450 g/mol. The van der Waals surface area contributed by atoms with Crippen molar-refractivity contribution in [2.45, 2.75) is 110 Å². The minimum Gasteiger partial charge on any atom is -0.352 e. The van der Waals surface area contributed by atoms with E-state index in [-0.39, 0.29) is 5.56 Å². The lowest BCUT2D eigenvalue weighted by molar-refractivity contribution is 0.526. The predicted molar refractivity (Wildman–Crippen MR) is 150 cm³/mol.